The predicted octanol–water partition coefficient (Wildman–Crippen LogP) is 2.40. The van der Waals surface area contributed by atoms with Crippen LogP contribution in [-0.4, -0.2) is 40.9 Å². The van der Waals surface area contributed by atoms with Crippen molar-refractivity contribution in [2.24, 2.45) is 11.8 Å². The number of ether oxygens (including phenoxy) is 1. The van der Waals surface area contributed by atoms with E-state index in [1.54, 1.807) is 4.90 Å². The van der Waals surface area contributed by atoms with Gasteiger partial charge in [0, 0.05) is 19.0 Å². The Kier molecular flexibility index (Phi) is 3.85. The van der Waals surface area contributed by atoms with E-state index in [0.717, 1.165) is 32.2 Å². The average molecular weight is 255 g/mol. The molecule has 0 aromatic carbocycles. The largest absolute Gasteiger partial charge is 0.444 e. The molecule has 0 radical (unpaired) electrons. The van der Waals surface area contributed by atoms with E-state index in [1.165, 1.54) is 0 Å². The maximum Gasteiger partial charge on any atom is 0.410 e. The highest BCUT2D eigenvalue weighted by Crippen LogP contribution is 2.38. The van der Waals surface area contributed by atoms with Gasteiger partial charge in [0.15, 0.2) is 0 Å². The molecule has 0 spiro atoms. The second-order valence-electron chi connectivity index (χ2n) is 6.66. The van der Waals surface area contributed by atoms with Crippen LogP contribution in [0.15, 0.2) is 0 Å². The molecule has 4 heteroatoms. The van der Waals surface area contributed by atoms with Crippen LogP contribution >= 0.6 is 0 Å². The highest BCUT2D eigenvalue weighted by molar-refractivity contribution is 5.68. The van der Waals surface area contributed by atoms with Gasteiger partial charge in [-0.1, -0.05) is 0 Å². The van der Waals surface area contributed by atoms with Crippen molar-refractivity contribution < 1.29 is 14.6 Å². The Bertz CT molecular complexity index is 307. The van der Waals surface area contributed by atoms with Crippen LogP contribution in [-0.2, 0) is 4.74 Å². The maximum absolute atomic E-state index is 12.0. The van der Waals surface area contributed by atoms with Crippen LogP contribution in [0.3, 0.4) is 0 Å². The topological polar surface area (TPSA) is 49.8 Å². The quantitative estimate of drug-likeness (QED) is 0.824. The summed E-state index contributed by atoms with van der Waals surface area (Å²) in [5.74, 6) is 0.715. The van der Waals surface area contributed by atoms with E-state index in [1.807, 2.05) is 20.8 Å². The maximum atomic E-state index is 12.0. The number of hydrogen-bond donors (Lipinski definition) is 1. The molecule has 18 heavy (non-hydrogen) atoms. The summed E-state index contributed by atoms with van der Waals surface area (Å²) in [7, 11) is 0. The standard InChI is InChI=1S/C14H25NO3/c1-14(2,3)18-13(17)15-8-4-5-11(9-15)12(16)10-6-7-10/h10-12,16H,4-9H2,1-3H3. The number of amides is 1. The highest BCUT2D eigenvalue weighted by Gasteiger charge is 2.38. The lowest BCUT2D eigenvalue weighted by Gasteiger charge is -2.36. The summed E-state index contributed by atoms with van der Waals surface area (Å²) in [4.78, 5) is 13.7. The molecule has 2 rings (SSSR count). The minimum Gasteiger partial charge on any atom is -0.444 e. The molecule has 1 aliphatic carbocycles. The van der Waals surface area contributed by atoms with Crippen LogP contribution in [0.1, 0.15) is 46.5 Å². The number of rotatable bonds is 2. The van der Waals surface area contributed by atoms with Gasteiger partial charge in [0.05, 0.1) is 6.10 Å². The van der Waals surface area contributed by atoms with Gasteiger partial charge in [-0.25, -0.2) is 4.79 Å². The lowest BCUT2D eigenvalue weighted by Crippen LogP contribution is -2.46. The second-order valence-corrected chi connectivity index (χ2v) is 6.66. The van der Waals surface area contributed by atoms with E-state index in [0.29, 0.717) is 12.5 Å². The SMILES string of the molecule is CC(C)(C)OC(=O)N1CCCC(C(O)C2CC2)C1. The zero-order valence-electron chi connectivity index (χ0n) is 11.7. The fourth-order valence-corrected chi connectivity index (χ4v) is 2.60. The van der Waals surface area contributed by atoms with E-state index in [4.69, 9.17) is 4.74 Å². The lowest BCUT2D eigenvalue weighted by molar-refractivity contribution is -0.000948. The molecule has 1 aliphatic heterocycles. The van der Waals surface area contributed by atoms with E-state index in [-0.39, 0.29) is 18.1 Å². The summed E-state index contributed by atoms with van der Waals surface area (Å²) < 4.78 is 5.39. The molecule has 1 N–H and O–H groups in total. The molecule has 2 unspecified atom stereocenters. The molecular formula is C14H25NO3. The Labute approximate surface area is 109 Å². The molecule has 1 heterocycles. The number of nitrogens with zero attached hydrogens (tertiary/aromatic N) is 1. The van der Waals surface area contributed by atoms with Crippen LogP contribution in [0.5, 0.6) is 0 Å². The molecule has 0 bridgehead atoms. The first kappa shape index (κ1) is 13.7. The number of aliphatic hydroxyl groups is 1. The van der Waals surface area contributed by atoms with Gasteiger partial charge >= 0.3 is 6.09 Å². The van der Waals surface area contributed by atoms with Crippen molar-refractivity contribution in [2.75, 3.05) is 13.1 Å². The van der Waals surface area contributed by atoms with Crippen LogP contribution in [0.2, 0.25) is 0 Å². The van der Waals surface area contributed by atoms with Crippen LogP contribution in [0.4, 0.5) is 4.79 Å². The van der Waals surface area contributed by atoms with E-state index < -0.39 is 5.60 Å². The van der Waals surface area contributed by atoms with Gasteiger partial charge in [-0.05, 0) is 52.4 Å². The molecule has 2 fully saturated rings. The number of carbonyl (C=O) groups excluding carboxylic acids is 1. The Morgan fingerprint density at radius 3 is 2.50 bits per heavy atom. The third kappa shape index (κ3) is 3.61. The van der Waals surface area contributed by atoms with Gasteiger partial charge in [-0.15, -0.1) is 0 Å². The summed E-state index contributed by atoms with van der Waals surface area (Å²) >= 11 is 0. The first-order valence-corrected chi connectivity index (χ1v) is 7.03. The van der Waals surface area contributed by atoms with E-state index >= 15 is 0 Å². The normalized spacial score (nSPS) is 26.9. The first-order valence-electron chi connectivity index (χ1n) is 7.03. The molecule has 1 saturated heterocycles. The molecule has 0 aromatic heterocycles. The van der Waals surface area contributed by atoms with Crippen molar-refractivity contribution in [1.82, 2.24) is 4.90 Å². The zero-order valence-corrected chi connectivity index (χ0v) is 11.7. The molecular weight excluding hydrogens is 230 g/mol. The number of likely N-dealkylation sites (tertiary alicyclic amines) is 1. The fraction of sp³-hybridized carbons (Fsp3) is 0.929. The molecule has 2 aliphatic rings. The monoisotopic (exact) mass is 255 g/mol. The van der Waals surface area contributed by atoms with Crippen molar-refractivity contribution in [1.29, 1.82) is 0 Å². The lowest BCUT2D eigenvalue weighted by atomic mass is 9.90. The molecule has 104 valence electrons. The van der Waals surface area contributed by atoms with Gasteiger partial charge in [-0.3, -0.25) is 0 Å². The van der Waals surface area contributed by atoms with Crippen LogP contribution in [0, 0.1) is 11.8 Å². The van der Waals surface area contributed by atoms with Crippen molar-refractivity contribution in [2.45, 2.75) is 58.2 Å². The van der Waals surface area contributed by atoms with Gasteiger partial charge < -0.3 is 14.7 Å². The highest BCUT2D eigenvalue weighted by atomic mass is 16.6. The summed E-state index contributed by atoms with van der Waals surface area (Å²) in [5.41, 5.74) is -0.445. The van der Waals surface area contributed by atoms with Crippen LogP contribution < -0.4 is 0 Å². The third-order valence-corrected chi connectivity index (χ3v) is 3.70. The number of hydrogen-bond acceptors (Lipinski definition) is 3. The Hall–Kier alpha value is -0.770. The summed E-state index contributed by atoms with van der Waals surface area (Å²) in [6.45, 7) is 7.04. The molecule has 2 atom stereocenters. The molecule has 1 saturated carbocycles. The van der Waals surface area contributed by atoms with Crippen molar-refractivity contribution in [3.8, 4) is 0 Å². The Balaban J connectivity index is 1.87. The average Bonchev–Trinajstić information content (AvgIpc) is 3.10. The predicted molar refractivity (Wildman–Crippen MR) is 69.3 cm³/mol. The smallest absolute Gasteiger partial charge is 0.410 e. The zero-order chi connectivity index (χ0) is 13.3. The van der Waals surface area contributed by atoms with Crippen LogP contribution in [0.25, 0.3) is 0 Å². The first-order chi connectivity index (χ1) is 8.37. The summed E-state index contributed by atoms with van der Waals surface area (Å²) in [5, 5.41) is 10.2. The van der Waals surface area contributed by atoms with Gasteiger partial charge in [0.2, 0.25) is 0 Å². The number of carbonyl (C=O) groups is 1. The number of piperidine rings is 1. The van der Waals surface area contributed by atoms with Crippen molar-refractivity contribution in [3.05, 3.63) is 0 Å². The van der Waals surface area contributed by atoms with Gasteiger partial charge in [-0.2, -0.15) is 0 Å². The van der Waals surface area contributed by atoms with Gasteiger partial charge in [0.25, 0.3) is 0 Å². The van der Waals surface area contributed by atoms with Crippen molar-refractivity contribution in [3.63, 3.8) is 0 Å². The van der Waals surface area contributed by atoms with E-state index in [9.17, 15) is 9.90 Å². The summed E-state index contributed by atoms with van der Waals surface area (Å²) in [6, 6.07) is 0. The molecule has 1 amide bonds. The fourth-order valence-electron chi connectivity index (χ4n) is 2.60. The summed E-state index contributed by atoms with van der Waals surface area (Å²) in [6.07, 6.45) is 3.81. The number of aliphatic hydroxyl groups excluding tert-OH is 1. The van der Waals surface area contributed by atoms with Crippen molar-refractivity contribution >= 4 is 6.09 Å². The molecule has 4 nitrogen and oxygen atoms in total. The second kappa shape index (κ2) is 5.08. The minimum atomic E-state index is -0.445. The third-order valence-electron chi connectivity index (χ3n) is 3.70. The minimum absolute atomic E-state index is 0.227. The Morgan fingerprint density at radius 2 is 1.94 bits per heavy atom. The molecule has 0 aromatic rings. The van der Waals surface area contributed by atoms with Gasteiger partial charge in [0.1, 0.15) is 5.60 Å². The Morgan fingerprint density at radius 1 is 1.28 bits per heavy atom. The van der Waals surface area contributed by atoms with E-state index in [2.05, 4.69) is 0 Å².